The fraction of sp³-hybridized carbons (Fsp3) is 0.222. The molecule has 0 atom stereocenters. The quantitative estimate of drug-likeness (QED) is 0.863. The highest BCUT2D eigenvalue weighted by Crippen LogP contribution is 2.40. The van der Waals surface area contributed by atoms with E-state index in [-0.39, 0.29) is 0 Å². The van der Waals surface area contributed by atoms with Gasteiger partial charge in [0, 0.05) is 16.5 Å². The molecule has 2 aromatic rings. The third-order valence-corrected chi connectivity index (χ3v) is 5.01. The van der Waals surface area contributed by atoms with Crippen LogP contribution in [0.1, 0.15) is 12.0 Å². The number of hydrogen-bond donors (Lipinski definition) is 1. The molecule has 114 valence electrons. The van der Waals surface area contributed by atoms with Crippen LogP contribution in [0.5, 0.6) is 5.75 Å². The van der Waals surface area contributed by atoms with Crippen LogP contribution in [0.4, 0.5) is 0 Å². The molecule has 0 saturated carbocycles. The van der Waals surface area contributed by atoms with E-state index in [1.54, 1.807) is 18.9 Å². The molecule has 22 heavy (non-hydrogen) atoms. The van der Waals surface area contributed by atoms with Crippen LogP contribution in [0.3, 0.4) is 0 Å². The number of nitrogens with one attached hydrogen (secondary N) is 1. The Morgan fingerprint density at radius 2 is 2.00 bits per heavy atom. The van der Waals surface area contributed by atoms with Crippen molar-refractivity contribution in [3.05, 3.63) is 59.1 Å². The van der Waals surface area contributed by atoms with Gasteiger partial charge in [-0.3, -0.25) is 0 Å². The summed E-state index contributed by atoms with van der Waals surface area (Å²) in [6.45, 7) is 1.98. The summed E-state index contributed by atoms with van der Waals surface area (Å²) in [6, 6.07) is 14.3. The minimum atomic E-state index is 0.690. The summed E-state index contributed by atoms with van der Waals surface area (Å²) < 4.78 is 5.45. The minimum Gasteiger partial charge on any atom is -0.496 e. The lowest BCUT2D eigenvalue weighted by molar-refractivity contribution is 0.405. The Morgan fingerprint density at radius 1 is 1.14 bits per heavy atom. The van der Waals surface area contributed by atoms with Crippen molar-refractivity contribution in [1.82, 2.24) is 5.32 Å². The molecule has 0 spiro atoms. The van der Waals surface area contributed by atoms with E-state index >= 15 is 0 Å². The van der Waals surface area contributed by atoms with E-state index in [0.717, 1.165) is 30.2 Å². The Bertz CT molecular complexity index is 699. The maximum Gasteiger partial charge on any atom is 0.134 e. The molecule has 1 aliphatic rings. The van der Waals surface area contributed by atoms with Gasteiger partial charge in [0.1, 0.15) is 5.75 Å². The monoisotopic (exact) mass is 331 g/mol. The van der Waals surface area contributed by atoms with Crippen molar-refractivity contribution in [3.8, 4) is 5.75 Å². The van der Waals surface area contributed by atoms with E-state index < -0.39 is 0 Å². The second-order valence-corrected chi connectivity index (χ2v) is 6.60. The van der Waals surface area contributed by atoms with Crippen molar-refractivity contribution >= 4 is 28.9 Å². The molecule has 1 heterocycles. The predicted molar refractivity (Wildman–Crippen MR) is 94.0 cm³/mol. The topological polar surface area (TPSA) is 21.3 Å². The molecule has 0 saturated heterocycles. The van der Waals surface area contributed by atoms with Crippen molar-refractivity contribution in [2.45, 2.75) is 16.2 Å². The summed E-state index contributed by atoms with van der Waals surface area (Å²) in [5, 5.41) is 4.05. The van der Waals surface area contributed by atoms with Crippen LogP contribution < -0.4 is 10.1 Å². The van der Waals surface area contributed by atoms with Gasteiger partial charge in [0.05, 0.1) is 12.0 Å². The van der Waals surface area contributed by atoms with Crippen molar-refractivity contribution in [2.75, 3.05) is 20.2 Å². The summed E-state index contributed by atoms with van der Waals surface area (Å²) in [7, 11) is 1.68. The molecule has 3 rings (SSSR count). The van der Waals surface area contributed by atoms with Crippen LogP contribution in [0.25, 0.3) is 5.57 Å². The zero-order chi connectivity index (χ0) is 15.4. The molecule has 0 aromatic heterocycles. The maximum atomic E-state index is 6.05. The summed E-state index contributed by atoms with van der Waals surface area (Å²) in [6.07, 6.45) is 3.34. The molecule has 0 radical (unpaired) electrons. The number of hydrogen-bond acceptors (Lipinski definition) is 3. The number of halogens is 1. The highest BCUT2D eigenvalue weighted by atomic mass is 35.5. The van der Waals surface area contributed by atoms with Gasteiger partial charge in [-0.25, -0.2) is 0 Å². The Morgan fingerprint density at radius 3 is 2.77 bits per heavy atom. The van der Waals surface area contributed by atoms with E-state index in [9.17, 15) is 0 Å². The van der Waals surface area contributed by atoms with Gasteiger partial charge < -0.3 is 10.1 Å². The smallest absolute Gasteiger partial charge is 0.134 e. The molecule has 1 N–H and O–H groups in total. The van der Waals surface area contributed by atoms with Gasteiger partial charge in [-0.05, 0) is 48.4 Å². The Kier molecular flexibility index (Phi) is 5.08. The molecule has 0 fully saturated rings. The number of rotatable bonds is 4. The van der Waals surface area contributed by atoms with Crippen LogP contribution in [0.2, 0.25) is 5.02 Å². The largest absolute Gasteiger partial charge is 0.496 e. The van der Waals surface area contributed by atoms with E-state index in [2.05, 4.69) is 35.7 Å². The van der Waals surface area contributed by atoms with Crippen LogP contribution in [0, 0.1) is 0 Å². The highest BCUT2D eigenvalue weighted by Gasteiger charge is 2.13. The molecule has 2 nitrogen and oxygen atoms in total. The van der Waals surface area contributed by atoms with E-state index in [0.29, 0.717) is 5.02 Å². The minimum absolute atomic E-state index is 0.690. The fourth-order valence-electron chi connectivity index (χ4n) is 2.53. The third kappa shape index (κ3) is 3.49. The summed E-state index contributed by atoms with van der Waals surface area (Å²) in [5.41, 5.74) is 2.72. The zero-order valence-electron chi connectivity index (χ0n) is 12.4. The lowest BCUT2D eigenvalue weighted by Crippen LogP contribution is -2.20. The number of ether oxygens (including phenoxy) is 1. The van der Waals surface area contributed by atoms with Crippen molar-refractivity contribution < 1.29 is 4.74 Å². The van der Waals surface area contributed by atoms with Crippen molar-refractivity contribution in [1.29, 1.82) is 0 Å². The van der Waals surface area contributed by atoms with E-state index in [1.807, 2.05) is 18.2 Å². The SMILES string of the molecule is COc1cc(Cl)ccc1Sc1ccccc1C1=CCNCC1. The van der Waals surface area contributed by atoms with Gasteiger partial charge in [-0.1, -0.05) is 47.6 Å². The second kappa shape index (κ2) is 7.23. The van der Waals surface area contributed by atoms with Gasteiger partial charge in [0.25, 0.3) is 0 Å². The summed E-state index contributed by atoms with van der Waals surface area (Å²) >= 11 is 7.77. The highest BCUT2D eigenvalue weighted by molar-refractivity contribution is 7.99. The van der Waals surface area contributed by atoms with Crippen LogP contribution in [-0.2, 0) is 0 Å². The van der Waals surface area contributed by atoms with E-state index in [1.165, 1.54) is 16.0 Å². The van der Waals surface area contributed by atoms with Gasteiger partial charge in [-0.15, -0.1) is 0 Å². The molecule has 0 unspecified atom stereocenters. The Hall–Kier alpha value is -1.42. The zero-order valence-corrected chi connectivity index (χ0v) is 14.0. The lowest BCUT2D eigenvalue weighted by atomic mass is 10.0. The second-order valence-electron chi connectivity index (χ2n) is 5.08. The van der Waals surface area contributed by atoms with Gasteiger partial charge in [0.2, 0.25) is 0 Å². The van der Waals surface area contributed by atoms with E-state index in [4.69, 9.17) is 16.3 Å². The molecule has 0 bridgehead atoms. The maximum absolute atomic E-state index is 6.05. The third-order valence-electron chi connectivity index (χ3n) is 3.64. The van der Waals surface area contributed by atoms with Crippen LogP contribution >= 0.6 is 23.4 Å². The normalized spacial score (nSPS) is 14.5. The molecule has 2 aromatic carbocycles. The predicted octanol–water partition coefficient (Wildman–Crippen LogP) is 4.88. The average molecular weight is 332 g/mol. The first-order valence-corrected chi connectivity index (χ1v) is 8.48. The van der Waals surface area contributed by atoms with Crippen molar-refractivity contribution in [2.24, 2.45) is 0 Å². The van der Waals surface area contributed by atoms with Gasteiger partial charge >= 0.3 is 0 Å². The lowest BCUT2D eigenvalue weighted by Gasteiger charge is -2.17. The first-order valence-electron chi connectivity index (χ1n) is 7.28. The van der Waals surface area contributed by atoms with Gasteiger partial charge in [0.15, 0.2) is 0 Å². The summed E-state index contributed by atoms with van der Waals surface area (Å²) in [4.78, 5) is 2.32. The van der Waals surface area contributed by atoms with Crippen LogP contribution in [-0.4, -0.2) is 20.2 Å². The first kappa shape index (κ1) is 15.5. The first-order chi connectivity index (χ1) is 10.8. The van der Waals surface area contributed by atoms with Crippen molar-refractivity contribution in [3.63, 3.8) is 0 Å². The Labute approximate surface area is 140 Å². The summed E-state index contributed by atoms with van der Waals surface area (Å²) in [5.74, 6) is 0.812. The van der Waals surface area contributed by atoms with Crippen LogP contribution in [0.15, 0.2) is 58.3 Å². The fourth-order valence-corrected chi connectivity index (χ4v) is 3.77. The molecular weight excluding hydrogens is 314 g/mol. The Balaban J connectivity index is 1.94. The standard InChI is InChI=1S/C18H18ClNOS/c1-21-16-12-14(19)6-7-18(16)22-17-5-3-2-4-15(17)13-8-10-20-11-9-13/h2-8,12,20H,9-11H2,1H3. The number of benzene rings is 2. The molecule has 0 amide bonds. The molecular formula is C18H18ClNOS. The molecule has 0 aliphatic carbocycles. The molecule has 4 heteroatoms. The van der Waals surface area contributed by atoms with Gasteiger partial charge in [-0.2, -0.15) is 0 Å². The number of methoxy groups -OCH3 is 1. The molecule has 1 aliphatic heterocycles. The average Bonchev–Trinajstić information content (AvgIpc) is 2.57.